The molecule has 2 N–H and O–H groups in total. The molecule has 0 unspecified atom stereocenters. The van der Waals surface area contributed by atoms with Crippen LogP contribution in [-0.4, -0.2) is 16.9 Å². The summed E-state index contributed by atoms with van der Waals surface area (Å²) in [6.07, 6.45) is 0. The van der Waals surface area contributed by atoms with Crippen LogP contribution in [0.5, 0.6) is 11.5 Å². The van der Waals surface area contributed by atoms with Gasteiger partial charge < -0.3 is 10.2 Å². The SMILES string of the molecule is Oc1ccccc1O.[B]Br. The first-order valence-electron chi connectivity index (χ1n) is 2.49. The highest BCUT2D eigenvalue weighted by Crippen LogP contribution is 2.21. The van der Waals surface area contributed by atoms with Gasteiger partial charge in [0.05, 0.1) is 0 Å². The summed E-state index contributed by atoms with van der Waals surface area (Å²) in [6, 6.07) is 6.15. The number of aromatic hydroxyl groups is 2. The maximum atomic E-state index is 8.67. The van der Waals surface area contributed by atoms with Gasteiger partial charge in [-0.1, -0.05) is 12.1 Å². The fourth-order valence-electron chi connectivity index (χ4n) is 0.464. The van der Waals surface area contributed by atoms with Gasteiger partial charge in [0.15, 0.2) is 18.2 Å². The molecule has 2 nitrogen and oxygen atoms in total. The maximum absolute atomic E-state index is 8.67. The number of rotatable bonds is 0. The Morgan fingerprint density at radius 3 is 1.50 bits per heavy atom. The van der Waals surface area contributed by atoms with Crippen LogP contribution in [0.4, 0.5) is 0 Å². The molecule has 2 radical (unpaired) electrons. The average molecular weight is 201 g/mol. The Kier molecular flexibility index (Phi) is 4.85. The van der Waals surface area contributed by atoms with E-state index in [1.165, 1.54) is 12.1 Å². The van der Waals surface area contributed by atoms with E-state index in [2.05, 4.69) is 22.4 Å². The quantitative estimate of drug-likeness (QED) is 0.493. The van der Waals surface area contributed by atoms with Crippen LogP contribution in [0.1, 0.15) is 0 Å². The van der Waals surface area contributed by atoms with E-state index in [0.717, 1.165) is 0 Å². The lowest BCUT2D eigenvalue weighted by atomic mass is 10.3. The minimum absolute atomic E-state index is 0.0764. The smallest absolute Gasteiger partial charge is 0.176 e. The molecule has 0 saturated carbocycles. The van der Waals surface area contributed by atoms with Crippen molar-refractivity contribution in [2.45, 2.75) is 0 Å². The Bertz CT molecular complexity index is 172. The van der Waals surface area contributed by atoms with E-state index in [1.807, 2.05) is 0 Å². The molecule has 0 aliphatic heterocycles. The molecule has 0 fully saturated rings. The zero-order chi connectivity index (χ0) is 7.98. The zero-order valence-electron chi connectivity index (χ0n) is 5.16. The van der Waals surface area contributed by atoms with Crippen molar-refractivity contribution in [1.29, 1.82) is 0 Å². The number of halogens is 1. The summed E-state index contributed by atoms with van der Waals surface area (Å²) in [5.74, 6) is -0.153. The van der Waals surface area contributed by atoms with Crippen LogP contribution in [0, 0.1) is 0 Å². The van der Waals surface area contributed by atoms with Crippen molar-refractivity contribution in [3.05, 3.63) is 24.3 Å². The first-order chi connectivity index (χ1) is 4.80. The molecule has 0 bridgehead atoms. The third-order valence-corrected chi connectivity index (χ3v) is 0.882. The fraction of sp³-hybridized carbons (Fsp3) is 0. The van der Waals surface area contributed by atoms with E-state index in [0.29, 0.717) is 0 Å². The second kappa shape index (κ2) is 5.17. The largest absolute Gasteiger partial charge is 0.504 e. The maximum Gasteiger partial charge on any atom is 0.176 e. The number of benzene rings is 1. The average Bonchev–Trinajstić information content (AvgIpc) is 2.00. The van der Waals surface area contributed by atoms with Crippen molar-refractivity contribution in [2.24, 2.45) is 0 Å². The van der Waals surface area contributed by atoms with Gasteiger partial charge in [-0.15, -0.1) is 0 Å². The lowest BCUT2D eigenvalue weighted by Gasteiger charge is -1.91. The molecule has 0 heterocycles. The molecule has 0 atom stereocenters. The van der Waals surface area contributed by atoms with Crippen LogP contribution in [0.2, 0.25) is 0 Å². The van der Waals surface area contributed by atoms with Crippen LogP contribution in [0.3, 0.4) is 0 Å². The monoisotopic (exact) mass is 200 g/mol. The predicted molar refractivity (Wildman–Crippen MR) is 44.5 cm³/mol. The number of hydrogen-bond acceptors (Lipinski definition) is 2. The first kappa shape index (κ1) is 9.36. The third-order valence-electron chi connectivity index (χ3n) is 0.882. The molecular formula is C6H6BBrO2. The van der Waals surface area contributed by atoms with Crippen molar-refractivity contribution in [1.82, 2.24) is 0 Å². The minimum atomic E-state index is -0.0764. The predicted octanol–water partition coefficient (Wildman–Crippen LogP) is 1.56. The highest BCUT2D eigenvalue weighted by Gasteiger charge is 1.90. The first-order valence-corrected chi connectivity index (χ1v) is 3.41. The number of phenolic OH excluding ortho intramolecular Hbond substituents is 2. The summed E-state index contributed by atoms with van der Waals surface area (Å²) in [4.78, 5) is 0. The van der Waals surface area contributed by atoms with Gasteiger partial charge in [0.2, 0.25) is 0 Å². The number of hydrogen-bond donors (Lipinski definition) is 2. The summed E-state index contributed by atoms with van der Waals surface area (Å²) in [5.41, 5.74) is 0. The Hall–Kier alpha value is -0.635. The van der Waals surface area contributed by atoms with Gasteiger partial charge >= 0.3 is 0 Å². The highest BCUT2D eigenvalue weighted by molar-refractivity contribution is 9.22. The molecule has 0 aliphatic rings. The standard InChI is InChI=1S/C6H6O2.BBr/c7-5-3-1-2-4-6(5)8;1-2/h1-4,7-8H;. The van der Waals surface area contributed by atoms with Crippen molar-refractivity contribution >= 4 is 22.4 Å². The van der Waals surface area contributed by atoms with Crippen LogP contribution in [0.15, 0.2) is 24.3 Å². The Labute approximate surface area is 68.9 Å². The van der Waals surface area contributed by atoms with Gasteiger partial charge in [-0.3, -0.25) is 0 Å². The van der Waals surface area contributed by atoms with Crippen molar-refractivity contribution in [3.8, 4) is 11.5 Å². The number of para-hydroxylation sites is 2. The molecule has 1 aromatic rings. The minimum Gasteiger partial charge on any atom is -0.504 e. The van der Waals surface area contributed by atoms with Gasteiger partial charge in [-0.2, -0.15) is 15.8 Å². The van der Waals surface area contributed by atoms with Crippen molar-refractivity contribution < 1.29 is 10.2 Å². The normalized spacial score (nSPS) is 7.70. The molecular weight excluding hydrogens is 195 g/mol. The van der Waals surface area contributed by atoms with Gasteiger partial charge in [0.1, 0.15) is 0 Å². The second-order valence-electron chi connectivity index (χ2n) is 1.49. The third kappa shape index (κ3) is 2.78. The Morgan fingerprint density at radius 2 is 1.30 bits per heavy atom. The molecule has 0 spiro atoms. The van der Waals surface area contributed by atoms with Gasteiger partial charge in [-0.05, 0) is 12.1 Å². The molecule has 0 aromatic heterocycles. The van der Waals surface area contributed by atoms with Crippen LogP contribution >= 0.6 is 15.8 Å². The van der Waals surface area contributed by atoms with Crippen LogP contribution in [0.25, 0.3) is 0 Å². The summed E-state index contributed by atoms with van der Waals surface area (Å²) in [6.45, 7) is 4.31. The fourth-order valence-corrected chi connectivity index (χ4v) is 0.464. The lowest BCUT2D eigenvalue weighted by Crippen LogP contribution is -1.63. The van der Waals surface area contributed by atoms with Gasteiger partial charge in [-0.25, -0.2) is 0 Å². The Morgan fingerprint density at radius 1 is 1.00 bits per heavy atom. The molecule has 1 rings (SSSR count). The molecule has 0 amide bonds. The summed E-state index contributed by atoms with van der Waals surface area (Å²) >= 11 is 2.44. The molecule has 0 saturated heterocycles. The van der Waals surface area contributed by atoms with Crippen LogP contribution < -0.4 is 0 Å². The van der Waals surface area contributed by atoms with Crippen molar-refractivity contribution in [2.75, 3.05) is 0 Å². The van der Waals surface area contributed by atoms with E-state index >= 15 is 0 Å². The summed E-state index contributed by atoms with van der Waals surface area (Å²) in [5, 5.41) is 17.3. The molecule has 52 valence electrons. The van der Waals surface area contributed by atoms with E-state index < -0.39 is 0 Å². The van der Waals surface area contributed by atoms with Crippen molar-refractivity contribution in [3.63, 3.8) is 0 Å². The summed E-state index contributed by atoms with van der Waals surface area (Å²) in [7, 11) is 0. The Balaban J connectivity index is 0.000000371. The van der Waals surface area contributed by atoms with E-state index in [-0.39, 0.29) is 11.5 Å². The molecule has 1 aromatic carbocycles. The van der Waals surface area contributed by atoms with Gasteiger partial charge in [0, 0.05) is 0 Å². The van der Waals surface area contributed by atoms with Gasteiger partial charge in [0.25, 0.3) is 0 Å². The molecule has 10 heavy (non-hydrogen) atoms. The zero-order valence-corrected chi connectivity index (χ0v) is 6.75. The molecule has 4 heteroatoms. The topological polar surface area (TPSA) is 40.5 Å². The second-order valence-corrected chi connectivity index (χ2v) is 1.49. The van der Waals surface area contributed by atoms with E-state index in [4.69, 9.17) is 10.2 Å². The lowest BCUT2D eigenvalue weighted by molar-refractivity contribution is 0.404. The molecule has 0 aliphatic carbocycles. The van der Waals surface area contributed by atoms with E-state index in [9.17, 15) is 0 Å². The summed E-state index contributed by atoms with van der Waals surface area (Å²) < 4.78 is 0. The highest BCUT2D eigenvalue weighted by atomic mass is 79.9. The van der Waals surface area contributed by atoms with Crippen LogP contribution in [-0.2, 0) is 0 Å². The van der Waals surface area contributed by atoms with E-state index in [1.54, 1.807) is 12.1 Å². The number of phenols is 2.